The van der Waals surface area contributed by atoms with Gasteiger partial charge in [-0.25, -0.2) is 9.78 Å². The number of rotatable bonds is 8. The number of aromatic nitrogens is 1. The molecule has 0 aromatic carbocycles. The van der Waals surface area contributed by atoms with Crippen LogP contribution in [0.3, 0.4) is 0 Å². The number of ether oxygens (including phenoxy) is 1. The van der Waals surface area contributed by atoms with Crippen molar-refractivity contribution in [2.75, 3.05) is 13.2 Å². The molecule has 2 fully saturated rings. The number of carbonyl (C=O) groups is 3. The number of hydrogen-bond acceptors (Lipinski definition) is 5. The highest BCUT2D eigenvalue weighted by Crippen LogP contribution is 2.33. The maximum atomic E-state index is 12.7. The van der Waals surface area contributed by atoms with Crippen molar-refractivity contribution in [1.29, 1.82) is 0 Å². The van der Waals surface area contributed by atoms with E-state index in [4.69, 9.17) is 4.74 Å². The molecule has 1 saturated carbocycles. The Balaban J connectivity index is 1.55. The molecule has 0 bridgehead atoms. The molecule has 0 radical (unpaired) electrons. The van der Waals surface area contributed by atoms with Gasteiger partial charge in [0.2, 0.25) is 11.8 Å². The molecule has 28 heavy (non-hydrogen) atoms. The molecule has 152 valence electrons. The number of hydrogen-bond donors (Lipinski definition) is 2. The van der Waals surface area contributed by atoms with Crippen molar-refractivity contribution in [1.82, 2.24) is 20.5 Å². The second-order valence-electron chi connectivity index (χ2n) is 7.41. The molecule has 4 amide bonds. The lowest BCUT2D eigenvalue weighted by molar-refractivity contribution is -0.135. The number of unbranched alkanes of at least 4 members (excludes halogenated alkanes) is 1. The normalized spacial score (nSPS) is 18.2. The highest BCUT2D eigenvalue weighted by molar-refractivity contribution is 6.09. The fraction of sp³-hybridized carbons (Fsp3) is 0.600. The minimum absolute atomic E-state index is 0.225. The Labute approximate surface area is 165 Å². The predicted molar refractivity (Wildman–Crippen MR) is 103 cm³/mol. The fourth-order valence-corrected chi connectivity index (χ4v) is 3.71. The van der Waals surface area contributed by atoms with Crippen LogP contribution in [0.25, 0.3) is 0 Å². The SMILES string of the molecule is CCCCOc1ncccc1CNC(=O)CN1C(=O)NC2(CCCCC2)C1=O. The van der Waals surface area contributed by atoms with Crippen LogP contribution in [0.4, 0.5) is 4.79 Å². The third kappa shape index (κ3) is 4.43. The first-order valence-electron chi connectivity index (χ1n) is 10.0. The van der Waals surface area contributed by atoms with E-state index in [1.54, 1.807) is 12.3 Å². The van der Waals surface area contributed by atoms with Gasteiger partial charge in [-0.3, -0.25) is 14.5 Å². The van der Waals surface area contributed by atoms with Crippen LogP contribution in [-0.4, -0.2) is 46.4 Å². The van der Waals surface area contributed by atoms with Crippen molar-refractivity contribution in [3.05, 3.63) is 23.9 Å². The van der Waals surface area contributed by atoms with E-state index in [-0.39, 0.29) is 24.9 Å². The Bertz CT molecular complexity index is 731. The summed E-state index contributed by atoms with van der Waals surface area (Å²) in [5.41, 5.74) is -0.0490. The summed E-state index contributed by atoms with van der Waals surface area (Å²) in [5.74, 6) is -0.176. The van der Waals surface area contributed by atoms with Gasteiger partial charge in [0.05, 0.1) is 6.61 Å². The lowest BCUT2D eigenvalue weighted by Crippen LogP contribution is -2.49. The van der Waals surface area contributed by atoms with Crippen molar-refractivity contribution in [2.24, 2.45) is 0 Å². The Hall–Kier alpha value is -2.64. The first-order chi connectivity index (χ1) is 13.6. The summed E-state index contributed by atoms with van der Waals surface area (Å²) in [4.78, 5) is 42.6. The lowest BCUT2D eigenvalue weighted by Gasteiger charge is -2.30. The van der Waals surface area contributed by atoms with Crippen molar-refractivity contribution >= 4 is 17.8 Å². The van der Waals surface area contributed by atoms with E-state index in [0.717, 1.165) is 42.6 Å². The molecule has 1 aromatic heterocycles. The van der Waals surface area contributed by atoms with Crippen LogP contribution < -0.4 is 15.4 Å². The van der Waals surface area contributed by atoms with Crippen molar-refractivity contribution in [3.8, 4) is 5.88 Å². The van der Waals surface area contributed by atoms with Crippen molar-refractivity contribution in [3.63, 3.8) is 0 Å². The van der Waals surface area contributed by atoms with Crippen molar-refractivity contribution < 1.29 is 19.1 Å². The van der Waals surface area contributed by atoms with Gasteiger partial charge in [-0.1, -0.05) is 38.7 Å². The van der Waals surface area contributed by atoms with Crippen LogP contribution in [0.15, 0.2) is 18.3 Å². The molecular formula is C20H28N4O4. The van der Waals surface area contributed by atoms with Crippen LogP contribution in [-0.2, 0) is 16.1 Å². The molecule has 3 rings (SSSR count). The van der Waals surface area contributed by atoms with Gasteiger partial charge in [-0.2, -0.15) is 0 Å². The summed E-state index contributed by atoms with van der Waals surface area (Å²) >= 11 is 0. The molecule has 0 atom stereocenters. The number of nitrogens with one attached hydrogen (secondary N) is 2. The van der Waals surface area contributed by atoms with E-state index in [2.05, 4.69) is 22.5 Å². The van der Waals surface area contributed by atoms with E-state index in [9.17, 15) is 14.4 Å². The van der Waals surface area contributed by atoms with Crippen LogP contribution in [0.1, 0.15) is 57.4 Å². The largest absolute Gasteiger partial charge is 0.477 e. The first-order valence-corrected chi connectivity index (χ1v) is 10.0. The molecule has 8 heteroatoms. The number of nitrogens with zero attached hydrogens (tertiary/aromatic N) is 2. The van der Waals surface area contributed by atoms with E-state index in [1.807, 2.05) is 6.07 Å². The Kier molecular flexibility index (Phi) is 6.49. The second kappa shape index (κ2) is 9.03. The monoisotopic (exact) mass is 388 g/mol. The van der Waals surface area contributed by atoms with Gasteiger partial charge >= 0.3 is 6.03 Å². The molecule has 2 N–H and O–H groups in total. The highest BCUT2D eigenvalue weighted by atomic mass is 16.5. The molecule has 1 saturated heterocycles. The quantitative estimate of drug-likeness (QED) is 0.525. The smallest absolute Gasteiger partial charge is 0.325 e. The zero-order valence-electron chi connectivity index (χ0n) is 16.3. The molecule has 1 spiro atoms. The fourth-order valence-electron chi connectivity index (χ4n) is 3.71. The first kappa shape index (κ1) is 20.1. The van der Waals surface area contributed by atoms with Gasteiger partial charge in [0.25, 0.3) is 5.91 Å². The summed E-state index contributed by atoms with van der Waals surface area (Å²) in [5, 5.41) is 5.57. The molecular weight excluding hydrogens is 360 g/mol. The molecule has 2 heterocycles. The lowest BCUT2D eigenvalue weighted by atomic mass is 9.82. The number of pyridine rings is 1. The number of amides is 4. The number of imide groups is 1. The van der Waals surface area contributed by atoms with Gasteiger partial charge in [-0.15, -0.1) is 0 Å². The summed E-state index contributed by atoms with van der Waals surface area (Å²) in [6, 6.07) is 3.13. The molecule has 1 aromatic rings. The van der Waals surface area contributed by atoms with Crippen LogP contribution >= 0.6 is 0 Å². The zero-order valence-corrected chi connectivity index (χ0v) is 16.3. The average Bonchev–Trinajstić information content (AvgIpc) is 2.92. The standard InChI is InChI=1S/C20H28N4O4/c1-2-3-12-28-17-15(8-7-11-21-17)13-22-16(25)14-24-18(26)20(23-19(24)27)9-5-4-6-10-20/h7-8,11H,2-6,9-10,12-14H2,1H3,(H,22,25)(H,23,27). The third-order valence-electron chi connectivity index (χ3n) is 5.32. The number of carbonyl (C=O) groups excluding carboxylic acids is 3. The summed E-state index contributed by atoms with van der Waals surface area (Å²) in [7, 11) is 0. The second-order valence-corrected chi connectivity index (χ2v) is 7.41. The summed E-state index contributed by atoms with van der Waals surface area (Å²) < 4.78 is 5.66. The maximum Gasteiger partial charge on any atom is 0.325 e. The molecule has 0 unspecified atom stereocenters. The van der Waals surface area contributed by atoms with Gasteiger partial charge in [0, 0.05) is 18.3 Å². The van der Waals surface area contributed by atoms with E-state index < -0.39 is 11.6 Å². The molecule has 8 nitrogen and oxygen atoms in total. The minimum Gasteiger partial charge on any atom is -0.477 e. The van der Waals surface area contributed by atoms with Crippen LogP contribution in [0.2, 0.25) is 0 Å². The van der Waals surface area contributed by atoms with E-state index in [1.165, 1.54) is 0 Å². The predicted octanol–water partition coefficient (Wildman–Crippen LogP) is 2.13. The Morgan fingerprint density at radius 3 is 2.86 bits per heavy atom. The molecule has 1 aliphatic carbocycles. The Morgan fingerprint density at radius 2 is 2.11 bits per heavy atom. The zero-order chi connectivity index (χ0) is 20.0. The van der Waals surface area contributed by atoms with Crippen LogP contribution in [0.5, 0.6) is 5.88 Å². The topological polar surface area (TPSA) is 101 Å². The van der Waals surface area contributed by atoms with Crippen molar-refractivity contribution in [2.45, 2.75) is 64.0 Å². The minimum atomic E-state index is -0.806. The average molecular weight is 388 g/mol. The third-order valence-corrected chi connectivity index (χ3v) is 5.32. The van der Waals surface area contributed by atoms with Gasteiger partial charge < -0.3 is 15.4 Å². The van der Waals surface area contributed by atoms with Crippen LogP contribution in [0, 0.1) is 0 Å². The van der Waals surface area contributed by atoms with Gasteiger partial charge in [0.15, 0.2) is 0 Å². The molecule has 1 aliphatic heterocycles. The molecule has 2 aliphatic rings. The van der Waals surface area contributed by atoms with E-state index >= 15 is 0 Å². The van der Waals surface area contributed by atoms with Gasteiger partial charge in [0.1, 0.15) is 12.1 Å². The highest BCUT2D eigenvalue weighted by Gasteiger charge is 2.51. The number of urea groups is 1. The Morgan fingerprint density at radius 1 is 1.32 bits per heavy atom. The van der Waals surface area contributed by atoms with Gasteiger partial charge in [-0.05, 0) is 25.3 Å². The summed E-state index contributed by atoms with van der Waals surface area (Å²) in [6.45, 7) is 2.59. The summed E-state index contributed by atoms with van der Waals surface area (Å²) in [6.07, 6.45) is 7.76. The van der Waals surface area contributed by atoms with E-state index in [0.29, 0.717) is 25.3 Å². The maximum absolute atomic E-state index is 12.7.